The molecule has 0 amide bonds. The molecular weight excluding hydrogens is 404 g/mol. The molecule has 0 heterocycles. The van der Waals surface area contributed by atoms with Gasteiger partial charge in [0.05, 0.1) is 12.5 Å². The number of hydrogen-bond acceptors (Lipinski definition) is 4. The molecule has 0 saturated heterocycles. The molecule has 3 fully saturated rings. The summed E-state index contributed by atoms with van der Waals surface area (Å²) in [5, 5.41) is 9.74. The number of carboxylic acid groups (broad SMARTS) is 1. The maximum atomic E-state index is 12.2. The van der Waals surface area contributed by atoms with Crippen molar-refractivity contribution in [1.29, 1.82) is 0 Å². The summed E-state index contributed by atoms with van der Waals surface area (Å²) in [6.07, 6.45) is 10.9. The molecule has 0 aromatic rings. The van der Waals surface area contributed by atoms with E-state index in [0.717, 1.165) is 44.8 Å². The highest BCUT2D eigenvalue weighted by molar-refractivity contribution is 5.92. The lowest BCUT2D eigenvalue weighted by Gasteiger charge is -2.69. The molecule has 0 bridgehead atoms. The second-order valence-electron chi connectivity index (χ2n) is 12.4. The molecule has 4 aliphatic rings. The lowest BCUT2D eigenvalue weighted by atomic mass is 9.35. The molecule has 4 rings (SSSR count). The van der Waals surface area contributed by atoms with Gasteiger partial charge in [0.25, 0.3) is 0 Å². The normalized spacial score (nSPS) is 44.8. The van der Waals surface area contributed by atoms with E-state index in [2.05, 4.69) is 27.7 Å². The van der Waals surface area contributed by atoms with Gasteiger partial charge in [-0.1, -0.05) is 40.2 Å². The number of aldehydes is 1. The Morgan fingerprint density at radius 1 is 1.03 bits per heavy atom. The van der Waals surface area contributed by atoms with Crippen molar-refractivity contribution in [3.8, 4) is 0 Å². The number of fused-ring (bicyclic) bond motifs is 5. The summed E-state index contributed by atoms with van der Waals surface area (Å²) in [4.78, 5) is 36.0. The Morgan fingerprint density at radius 2 is 1.69 bits per heavy atom. The first-order chi connectivity index (χ1) is 14.9. The van der Waals surface area contributed by atoms with Crippen LogP contribution in [0.25, 0.3) is 0 Å². The van der Waals surface area contributed by atoms with E-state index in [0.29, 0.717) is 24.9 Å². The predicted molar refractivity (Wildman–Crippen MR) is 122 cm³/mol. The predicted octanol–water partition coefficient (Wildman–Crippen LogP) is 5.42. The number of allylic oxidation sites excluding steroid dienone is 1. The average molecular weight is 445 g/mol. The van der Waals surface area contributed by atoms with Crippen LogP contribution in [-0.4, -0.2) is 29.9 Å². The maximum Gasteiger partial charge on any atom is 0.331 e. The molecule has 0 aromatic carbocycles. The van der Waals surface area contributed by atoms with Gasteiger partial charge in [0.1, 0.15) is 6.29 Å². The molecule has 0 radical (unpaired) electrons. The van der Waals surface area contributed by atoms with Gasteiger partial charge in [0, 0.05) is 17.9 Å². The lowest BCUT2D eigenvalue weighted by Crippen LogP contribution is -2.64. The molecule has 0 unspecified atom stereocenters. The zero-order chi connectivity index (χ0) is 23.5. The lowest BCUT2D eigenvalue weighted by molar-refractivity contribution is -0.221. The minimum Gasteiger partial charge on any atom is -0.478 e. The fourth-order valence-corrected chi connectivity index (χ4v) is 9.39. The van der Waals surface area contributed by atoms with Gasteiger partial charge in [-0.3, -0.25) is 4.79 Å². The highest BCUT2D eigenvalue weighted by Gasteiger charge is 2.67. The maximum absolute atomic E-state index is 12.2. The summed E-state index contributed by atoms with van der Waals surface area (Å²) in [5.41, 5.74) is 0.126. The number of esters is 1. The number of carboxylic acids is 1. The molecule has 178 valence electrons. The number of carbonyl (C=O) groups excluding carboxylic acids is 2. The summed E-state index contributed by atoms with van der Waals surface area (Å²) < 4.78 is 5.80. The molecule has 7 atom stereocenters. The second-order valence-corrected chi connectivity index (χ2v) is 12.4. The molecule has 4 aliphatic carbocycles. The van der Waals surface area contributed by atoms with E-state index in [1.165, 1.54) is 13.3 Å². The number of hydrogen-bond donors (Lipinski definition) is 1. The Bertz CT molecular complexity index is 843. The molecule has 5 nitrogen and oxygen atoms in total. The van der Waals surface area contributed by atoms with E-state index < -0.39 is 11.9 Å². The number of ether oxygens (including phenoxy) is 1. The molecule has 0 aromatic heterocycles. The number of rotatable bonds is 4. The Kier molecular flexibility index (Phi) is 5.66. The third-order valence-corrected chi connectivity index (χ3v) is 10.7. The minimum atomic E-state index is -0.960. The van der Waals surface area contributed by atoms with Gasteiger partial charge in [-0.15, -0.1) is 0 Å². The van der Waals surface area contributed by atoms with Crippen molar-refractivity contribution in [2.45, 2.75) is 86.0 Å². The van der Waals surface area contributed by atoms with E-state index in [1.807, 2.05) is 6.08 Å². The monoisotopic (exact) mass is 444 g/mol. The third kappa shape index (κ3) is 3.20. The van der Waals surface area contributed by atoms with Gasteiger partial charge in [-0.2, -0.15) is 0 Å². The Balaban J connectivity index is 1.79. The summed E-state index contributed by atoms with van der Waals surface area (Å²) in [7, 11) is 0. The fraction of sp³-hybridized carbons (Fsp3) is 0.815. The standard InChI is InChI=1S/C27H40O5/c1-17(29)32-16-27-12-6-11-24(2,3)20(27)9-14-26(5)21-8-7-18(23(30)31)19(15-28)25(21,4)13-10-22(26)27/h7,15,19-22H,6,8-14,16H2,1-5H3,(H,30,31)/t19-,20+,21-,22+,25-,26+,27-/m1/s1. The SMILES string of the molecule is CC(=O)OC[C@]12CCCC(C)(C)[C@@H]1CC[C@@]1(C)[C@@H]3CC=C(C(=O)O)[C@@H](C=O)[C@@]3(C)CC[C@@H]12. The van der Waals surface area contributed by atoms with Crippen molar-refractivity contribution in [2.24, 2.45) is 45.3 Å². The number of carbonyl (C=O) groups is 3. The van der Waals surface area contributed by atoms with E-state index in [1.54, 1.807) is 0 Å². The van der Waals surface area contributed by atoms with Gasteiger partial charge in [-0.05, 0) is 78.9 Å². The third-order valence-electron chi connectivity index (χ3n) is 10.7. The van der Waals surface area contributed by atoms with Crippen LogP contribution in [0.15, 0.2) is 11.6 Å². The van der Waals surface area contributed by atoms with Crippen LogP contribution in [0.5, 0.6) is 0 Å². The first kappa shape index (κ1) is 23.5. The quantitative estimate of drug-likeness (QED) is 0.462. The van der Waals surface area contributed by atoms with Gasteiger partial charge in [0.2, 0.25) is 0 Å². The van der Waals surface area contributed by atoms with Crippen LogP contribution in [-0.2, 0) is 19.1 Å². The Morgan fingerprint density at radius 3 is 2.31 bits per heavy atom. The number of aliphatic carboxylic acids is 1. The van der Waals surface area contributed by atoms with Crippen molar-refractivity contribution in [2.75, 3.05) is 6.61 Å². The van der Waals surface area contributed by atoms with Crippen LogP contribution in [0.2, 0.25) is 0 Å². The first-order valence-electron chi connectivity index (χ1n) is 12.4. The molecule has 1 N–H and O–H groups in total. The van der Waals surface area contributed by atoms with Crippen LogP contribution in [0.1, 0.15) is 86.0 Å². The van der Waals surface area contributed by atoms with Crippen molar-refractivity contribution >= 4 is 18.2 Å². The topological polar surface area (TPSA) is 80.7 Å². The molecular formula is C27H40O5. The van der Waals surface area contributed by atoms with Crippen molar-refractivity contribution in [1.82, 2.24) is 0 Å². The fourth-order valence-electron chi connectivity index (χ4n) is 9.39. The van der Waals surface area contributed by atoms with E-state index in [9.17, 15) is 19.5 Å². The average Bonchev–Trinajstić information content (AvgIpc) is 2.70. The van der Waals surface area contributed by atoms with Crippen LogP contribution in [0.3, 0.4) is 0 Å². The minimum absolute atomic E-state index is 0.00113. The van der Waals surface area contributed by atoms with Gasteiger partial charge in [-0.25, -0.2) is 4.79 Å². The van der Waals surface area contributed by atoms with Gasteiger partial charge >= 0.3 is 11.9 Å². The zero-order valence-corrected chi connectivity index (χ0v) is 20.4. The van der Waals surface area contributed by atoms with Gasteiger partial charge < -0.3 is 14.6 Å². The van der Waals surface area contributed by atoms with E-state index >= 15 is 0 Å². The molecule has 5 heteroatoms. The van der Waals surface area contributed by atoms with Crippen molar-refractivity contribution in [3.05, 3.63) is 11.6 Å². The molecule has 0 spiro atoms. The zero-order valence-electron chi connectivity index (χ0n) is 20.4. The molecule has 0 aliphatic heterocycles. The first-order valence-corrected chi connectivity index (χ1v) is 12.4. The van der Waals surface area contributed by atoms with Crippen LogP contribution >= 0.6 is 0 Å². The Labute approximate surface area is 192 Å². The molecule has 3 saturated carbocycles. The van der Waals surface area contributed by atoms with Crippen LogP contribution < -0.4 is 0 Å². The van der Waals surface area contributed by atoms with Gasteiger partial charge in [0.15, 0.2) is 0 Å². The summed E-state index contributed by atoms with van der Waals surface area (Å²) in [6.45, 7) is 11.3. The van der Waals surface area contributed by atoms with Crippen molar-refractivity contribution in [3.63, 3.8) is 0 Å². The van der Waals surface area contributed by atoms with E-state index in [4.69, 9.17) is 4.74 Å². The highest BCUT2D eigenvalue weighted by Crippen LogP contribution is 2.73. The van der Waals surface area contributed by atoms with E-state index in [-0.39, 0.29) is 39.1 Å². The van der Waals surface area contributed by atoms with Crippen LogP contribution in [0, 0.1) is 45.3 Å². The smallest absolute Gasteiger partial charge is 0.331 e. The summed E-state index contributed by atoms with van der Waals surface area (Å²) >= 11 is 0. The molecule has 32 heavy (non-hydrogen) atoms. The van der Waals surface area contributed by atoms with Crippen LogP contribution in [0.4, 0.5) is 0 Å². The summed E-state index contributed by atoms with van der Waals surface area (Å²) in [6, 6.07) is 0. The summed E-state index contributed by atoms with van der Waals surface area (Å²) in [5.74, 6) is -0.534. The largest absolute Gasteiger partial charge is 0.478 e. The second kappa shape index (κ2) is 7.70. The highest BCUT2D eigenvalue weighted by atomic mass is 16.5. The Hall–Kier alpha value is -1.65. The van der Waals surface area contributed by atoms with Crippen molar-refractivity contribution < 1.29 is 24.2 Å².